The maximum Gasteiger partial charge on any atom is 0.229 e. The van der Waals surface area contributed by atoms with E-state index in [2.05, 4.69) is 30.4 Å². The molecule has 0 amide bonds. The van der Waals surface area contributed by atoms with Crippen LogP contribution in [0.15, 0.2) is 24.3 Å². The molecule has 1 atom stereocenters. The first-order valence-electron chi connectivity index (χ1n) is 7.18. The van der Waals surface area contributed by atoms with E-state index in [0.29, 0.717) is 23.2 Å². The van der Waals surface area contributed by atoms with E-state index in [1.165, 1.54) is 16.9 Å². The van der Waals surface area contributed by atoms with Crippen molar-refractivity contribution in [2.75, 3.05) is 24.7 Å². The Morgan fingerprint density at radius 2 is 2.00 bits per heavy atom. The average Bonchev–Trinajstić information content (AvgIpc) is 3.03. The lowest BCUT2D eigenvalue weighted by atomic mass is 10.2. The summed E-state index contributed by atoms with van der Waals surface area (Å²) in [4.78, 5) is 15.6. The van der Waals surface area contributed by atoms with Crippen molar-refractivity contribution in [3.05, 3.63) is 35.9 Å². The second-order valence-corrected chi connectivity index (χ2v) is 5.37. The summed E-state index contributed by atoms with van der Waals surface area (Å²) in [7, 11) is 3.61. The molecule has 0 radical (unpaired) electrons. The Bertz CT molecular complexity index is 861. The normalized spacial score (nSPS) is 12.2. The second kappa shape index (κ2) is 6.14. The molecule has 1 unspecified atom stereocenters. The van der Waals surface area contributed by atoms with Crippen LogP contribution in [0.25, 0.3) is 11.4 Å². The smallest absolute Gasteiger partial charge is 0.229 e. The van der Waals surface area contributed by atoms with Gasteiger partial charge in [-0.05, 0) is 24.3 Å². The van der Waals surface area contributed by atoms with Gasteiger partial charge in [-0.2, -0.15) is 19.7 Å². The van der Waals surface area contributed by atoms with Crippen molar-refractivity contribution in [2.45, 2.75) is 13.0 Å². The Balaban J connectivity index is 1.93. The molecular weight excluding hydrogens is 313 g/mol. The molecule has 0 saturated heterocycles. The molecule has 0 fully saturated rings. The van der Waals surface area contributed by atoms with Gasteiger partial charge in [-0.3, -0.25) is 0 Å². The zero-order valence-corrected chi connectivity index (χ0v) is 13.4. The van der Waals surface area contributed by atoms with Gasteiger partial charge in [0.15, 0.2) is 5.82 Å². The lowest BCUT2D eigenvalue weighted by Crippen LogP contribution is -2.20. The van der Waals surface area contributed by atoms with Crippen molar-refractivity contribution in [1.29, 1.82) is 0 Å². The molecule has 2 aromatic heterocycles. The molecule has 9 nitrogen and oxygen atoms in total. The number of nitrogen functional groups attached to an aromatic ring is 1. The van der Waals surface area contributed by atoms with E-state index in [1.54, 1.807) is 31.1 Å². The Hall–Kier alpha value is -3.17. The highest BCUT2D eigenvalue weighted by atomic mass is 19.1. The molecule has 24 heavy (non-hydrogen) atoms. The molecule has 0 bridgehead atoms. The number of aromatic nitrogens is 7. The molecule has 10 heteroatoms. The van der Waals surface area contributed by atoms with E-state index in [0.717, 1.165) is 0 Å². The number of hydrogen-bond donors (Lipinski definition) is 1. The van der Waals surface area contributed by atoms with E-state index in [1.807, 2.05) is 6.92 Å². The Morgan fingerprint density at radius 1 is 1.21 bits per heavy atom. The predicted molar refractivity (Wildman–Crippen MR) is 85.6 cm³/mol. The van der Waals surface area contributed by atoms with Gasteiger partial charge in [0.1, 0.15) is 11.9 Å². The molecule has 0 saturated carbocycles. The van der Waals surface area contributed by atoms with Crippen LogP contribution in [0.1, 0.15) is 18.8 Å². The van der Waals surface area contributed by atoms with Crippen molar-refractivity contribution in [3.63, 3.8) is 0 Å². The van der Waals surface area contributed by atoms with Crippen LogP contribution in [0, 0.1) is 5.82 Å². The van der Waals surface area contributed by atoms with Crippen molar-refractivity contribution < 1.29 is 4.39 Å². The number of hydrogen-bond acceptors (Lipinski definition) is 8. The number of nitrogens with two attached hydrogens (primary N) is 1. The molecule has 124 valence electrons. The van der Waals surface area contributed by atoms with Gasteiger partial charge < -0.3 is 10.6 Å². The van der Waals surface area contributed by atoms with Crippen molar-refractivity contribution in [3.8, 4) is 11.4 Å². The van der Waals surface area contributed by atoms with Crippen LogP contribution in [0.2, 0.25) is 0 Å². The molecule has 0 aliphatic rings. The summed E-state index contributed by atoms with van der Waals surface area (Å²) in [5.74, 6) is 0.916. The highest BCUT2D eigenvalue weighted by Gasteiger charge is 2.18. The maximum atomic E-state index is 13.3. The van der Waals surface area contributed by atoms with Crippen LogP contribution in [0.3, 0.4) is 0 Å². The highest BCUT2D eigenvalue weighted by Crippen LogP contribution is 2.18. The van der Waals surface area contributed by atoms with E-state index in [4.69, 9.17) is 5.73 Å². The Labute approximate surface area is 137 Å². The summed E-state index contributed by atoms with van der Waals surface area (Å²) in [6.45, 7) is 1.81. The fraction of sp³-hybridized carbons (Fsp3) is 0.286. The second-order valence-electron chi connectivity index (χ2n) is 5.37. The van der Waals surface area contributed by atoms with Crippen LogP contribution in [-0.2, 0) is 0 Å². The Morgan fingerprint density at radius 3 is 2.71 bits per heavy atom. The predicted octanol–water partition coefficient (Wildman–Crippen LogP) is 0.922. The van der Waals surface area contributed by atoms with Gasteiger partial charge in [0.2, 0.25) is 17.7 Å². The third-order valence-electron chi connectivity index (χ3n) is 3.29. The molecule has 2 N–H and O–H groups in total. The highest BCUT2D eigenvalue weighted by molar-refractivity contribution is 5.53. The number of halogens is 1. The Kier molecular flexibility index (Phi) is 4.02. The molecule has 0 aliphatic heterocycles. The van der Waals surface area contributed by atoms with Crippen LogP contribution >= 0.6 is 0 Å². The average molecular weight is 329 g/mol. The van der Waals surface area contributed by atoms with E-state index < -0.39 is 6.04 Å². The first kappa shape index (κ1) is 15.7. The van der Waals surface area contributed by atoms with Crippen molar-refractivity contribution in [1.82, 2.24) is 35.2 Å². The first-order chi connectivity index (χ1) is 11.4. The van der Waals surface area contributed by atoms with Crippen LogP contribution in [0.4, 0.5) is 16.3 Å². The summed E-state index contributed by atoms with van der Waals surface area (Å²) in [6.07, 6.45) is 0. The number of nitrogens with zero attached hydrogens (tertiary/aromatic N) is 8. The number of rotatable bonds is 4. The number of tetrazole rings is 1. The third kappa shape index (κ3) is 3.12. The van der Waals surface area contributed by atoms with E-state index in [9.17, 15) is 4.39 Å². The van der Waals surface area contributed by atoms with Gasteiger partial charge in [-0.1, -0.05) is 12.1 Å². The van der Waals surface area contributed by atoms with E-state index in [-0.39, 0.29) is 11.8 Å². The largest absolute Gasteiger partial charge is 0.368 e. The van der Waals surface area contributed by atoms with Gasteiger partial charge in [-0.25, -0.2) is 4.39 Å². The maximum absolute atomic E-state index is 13.3. The molecule has 3 rings (SSSR count). The van der Waals surface area contributed by atoms with Crippen LogP contribution in [0.5, 0.6) is 0 Å². The zero-order chi connectivity index (χ0) is 17.3. The monoisotopic (exact) mass is 329 g/mol. The molecule has 0 aliphatic carbocycles. The summed E-state index contributed by atoms with van der Waals surface area (Å²) < 4.78 is 13.3. The van der Waals surface area contributed by atoms with Crippen molar-refractivity contribution >= 4 is 11.9 Å². The number of benzene rings is 1. The van der Waals surface area contributed by atoms with Gasteiger partial charge in [0.05, 0.1) is 0 Å². The van der Waals surface area contributed by atoms with Gasteiger partial charge in [0, 0.05) is 19.7 Å². The van der Waals surface area contributed by atoms with Gasteiger partial charge in [0.25, 0.3) is 0 Å². The van der Waals surface area contributed by atoms with Crippen LogP contribution in [-0.4, -0.2) is 49.3 Å². The molecule has 2 heterocycles. The van der Waals surface area contributed by atoms with E-state index >= 15 is 0 Å². The SMILES string of the molecule is CC(c1nc(N)nc(N(C)C)n1)n1nnc(-c2cccc(F)c2)n1. The fourth-order valence-corrected chi connectivity index (χ4v) is 2.02. The molecule has 1 aromatic carbocycles. The quantitative estimate of drug-likeness (QED) is 0.752. The fourth-order valence-electron chi connectivity index (χ4n) is 2.02. The summed E-state index contributed by atoms with van der Waals surface area (Å²) >= 11 is 0. The minimum Gasteiger partial charge on any atom is -0.368 e. The van der Waals surface area contributed by atoms with Crippen LogP contribution < -0.4 is 10.6 Å². The minimum absolute atomic E-state index is 0.112. The first-order valence-corrected chi connectivity index (χ1v) is 7.18. The number of anilines is 2. The molecule has 0 spiro atoms. The summed E-state index contributed by atoms with van der Waals surface area (Å²) in [5, 5.41) is 12.2. The third-order valence-corrected chi connectivity index (χ3v) is 3.29. The standard InChI is InChI=1S/C14H16FN9/c1-8(11-17-13(16)19-14(18-11)23(2)3)24-21-12(20-22-24)9-5-4-6-10(15)7-9/h4-8H,1-3H3,(H2,16,17,18,19). The zero-order valence-electron chi connectivity index (χ0n) is 13.4. The summed E-state index contributed by atoms with van der Waals surface area (Å²) in [5.41, 5.74) is 6.27. The topological polar surface area (TPSA) is 112 Å². The minimum atomic E-state index is -0.413. The van der Waals surface area contributed by atoms with Crippen molar-refractivity contribution in [2.24, 2.45) is 0 Å². The lowest BCUT2D eigenvalue weighted by Gasteiger charge is -2.14. The molecular formula is C14H16FN9. The van der Waals surface area contributed by atoms with Gasteiger partial charge in [-0.15, -0.1) is 10.2 Å². The van der Waals surface area contributed by atoms with Gasteiger partial charge >= 0.3 is 0 Å². The molecule has 3 aromatic rings. The lowest BCUT2D eigenvalue weighted by molar-refractivity contribution is 0.461. The summed E-state index contributed by atoms with van der Waals surface area (Å²) in [6, 6.07) is 5.58.